The molecule has 4 rings (SSSR count). The van der Waals surface area contributed by atoms with Gasteiger partial charge < -0.3 is 9.31 Å². The first-order chi connectivity index (χ1) is 13.2. The van der Waals surface area contributed by atoms with Gasteiger partial charge in [-0.05, 0) is 69.3 Å². The molecule has 0 amide bonds. The Balaban J connectivity index is 1.50. The molecule has 2 heterocycles. The predicted molar refractivity (Wildman–Crippen MR) is 111 cm³/mol. The van der Waals surface area contributed by atoms with Crippen LogP contribution in [0.15, 0.2) is 36.4 Å². The third-order valence-electron chi connectivity index (χ3n) is 6.58. The molecular weight excluding hydrogens is 352 g/mol. The maximum absolute atomic E-state index is 14.2. The molecule has 0 spiro atoms. The van der Waals surface area contributed by atoms with Crippen molar-refractivity contribution < 1.29 is 13.7 Å². The predicted octanol–water partition coefficient (Wildman–Crippen LogP) is 3.99. The van der Waals surface area contributed by atoms with Gasteiger partial charge in [0.2, 0.25) is 0 Å². The van der Waals surface area contributed by atoms with Gasteiger partial charge in [0.1, 0.15) is 5.82 Å². The molecule has 0 aromatic heterocycles. The van der Waals surface area contributed by atoms with Crippen LogP contribution in [0.3, 0.4) is 0 Å². The molecule has 2 aromatic rings. The molecule has 1 fully saturated rings. The number of hydrogen-bond donors (Lipinski definition) is 0. The maximum atomic E-state index is 14.2. The monoisotopic (exact) mass is 381 g/mol. The van der Waals surface area contributed by atoms with Crippen molar-refractivity contribution in [3.05, 3.63) is 64.5 Å². The lowest BCUT2D eigenvalue weighted by molar-refractivity contribution is 0.00578. The Kier molecular flexibility index (Phi) is 4.89. The maximum Gasteiger partial charge on any atom is 0.494 e. The summed E-state index contributed by atoms with van der Waals surface area (Å²) in [6, 6.07) is 11.8. The smallest absolute Gasteiger partial charge is 0.399 e. The minimum absolute atomic E-state index is 0.109. The Labute approximate surface area is 168 Å². The number of halogens is 1. The Morgan fingerprint density at radius 2 is 1.75 bits per heavy atom. The van der Waals surface area contributed by atoms with Crippen LogP contribution in [0.5, 0.6) is 0 Å². The number of hydrogen-bond acceptors (Lipinski definition) is 3. The number of aryl methyl sites for hydroxylation is 1. The van der Waals surface area contributed by atoms with Gasteiger partial charge in [-0.15, -0.1) is 0 Å². The van der Waals surface area contributed by atoms with E-state index in [1.54, 1.807) is 12.1 Å². The van der Waals surface area contributed by atoms with E-state index >= 15 is 0 Å². The summed E-state index contributed by atoms with van der Waals surface area (Å²) in [5.74, 6) is -0.109. The summed E-state index contributed by atoms with van der Waals surface area (Å²) in [4.78, 5) is 2.32. The van der Waals surface area contributed by atoms with Gasteiger partial charge in [-0.2, -0.15) is 0 Å². The summed E-state index contributed by atoms with van der Waals surface area (Å²) in [5.41, 5.74) is 4.89. The standard InChI is InChI=1S/C23H29BFNO2/c1-16-7-6-8-21(25)20(16)15-26-12-11-17-13-19(10-9-18(17)14-26)24-27-22(2,3)23(4,5)28-24/h6-10,13H,11-12,14-15H2,1-5H3. The number of fused-ring (bicyclic) bond motifs is 1. The van der Waals surface area contributed by atoms with E-state index in [1.807, 2.05) is 13.0 Å². The van der Waals surface area contributed by atoms with E-state index in [9.17, 15) is 4.39 Å². The minimum Gasteiger partial charge on any atom is -0.399 e. The molecule has 0 aliphatic carbocycles. The summed E-state index contributed by atoms with van der Waals surface area (Å²) in [6.45, 7) is 12.7. The van der Waals surface area contributed by atoms with Crippen LogP contribution < -0.4 is 5.46 Å². The second-order valence-corrected chi connectivity index (χ2v) is 9.11. The summed E-state index contributed by atoms with van der Waals surface area (Å²) in [7, 11) is -0.325. The summed E-state index contributed by atoms with van der Waals surface area (Å²) >= 11 is 0. The third kappa shape index (κ3) is 3.52. The molecule has 0 N–H and O–H groups in total. The quantitative estimate of drug-likeness (QED) is 0.751. The van der Waals surface area contributed by atoms with Crippen LogP contribution in [0, 0.1) is 12.7 Å². The van der Waals surface area contributed by atoms with E-state index in [0.29, 0.717) is 6.54 Å². The molecule has 1 saturated heterocycles. The lowest BCUT2D eigenvalue weighted by atomic mass is 9.77. The van der Waals surface area contributed by atoms with E-state index in [2.05, 4.69) is 50.8 Å². The molecular formula is C23H29BFNO2. The Morgan fingerprint density at radius 3 is 2.43 bits per heavy atom. The third-order valence-corrected chi connectivity index (χ3v) is 6.58. The van der Waals surface area contributed by atoms with Crippen molar-refractivity contribution in [2.24, 2.45) is 0 Å². The van der Waals surface area contributed by atoms with Gasteiger partial charge in [0.25, 0.3) is 0 Å². The largest absolute Gasteiger partial charge is 0.494 e. The van der Waals surface area contributed by atoms with E-state index in [4.69, 9.17) is 9.31 Å². The van der Waals surface area contributed by atoms with Crippen molar-refractivity contribution in [3.8, 4) is 0 Å². The highest BCUT2D eigenvalue weighted by Gasteiger charge is 2.51. The van der Waals surface area contributed by atoms with Crippen LogP contribution >= 0.6 is 0 Å². The van der Waals surface area contributed by atoms with E-state index in [-0.39, 0.29) is 24.1 Å². The molecule has 2 aliphatic rings. The first-order valence-corrected chi connectivity index (χ1v) is 10.1. The van der Waals surface area contributed by atoms with Crippen LogP contribution in [0.2, 0.25) is 0 Å². The van der Waals surface area contributed by atoms with Crippen LogP contribution in [-0.4, -0.2) is 29.8 Å². The summed E-state index contributed by atoms with van der Waals surface area (Å²) in [5, 5.41) is 0. The van der Waals surface area contributed by atoms with Gasteiger partial charge in [0.15, 0.2) is 0 Å². The average molecular weight is 381 g/mol. The summed E-state index contributed by atoms with van der Waals surface area (Å²) in [6.07, 6.45) is 0.955. The fourth-order valence-electron chi connectivity index (χ4n) is 3.98. The highest BCUT2D eigenvalue weighted by Crippen LogP contribution is 2.36. The first kappa shape index (κ1) is 19.6. The molecule has 5 heteroatoms. The molecule has 2 aromatic carbocycles. The molecule has 0 unspecified atom stereocenters. The Morgan fingerprint density at radius 1 is 1.04 bits per heavy atom. The minimum atomic E-state index is -0.331. The second-order valence-electron chi connectivity index (χ2n) is 9.11. The van der Waals surface area contributed by atoms with Crippen molar-refractivity contribution in [2.45, 2.75) is 65.3 Å². The van der Waals surface area contributed by atoms with Crippen molar-refractivity contribution in [2.75, 3.05) is 6.54 Å². The molecule has 2 aliphatic heterocycles. The average Bonchev–Trinajstić information content (AvgIpc) is 2.85. The SMILES string of the molecule is Cc1cccc(F)c1CN1CCc2cc(B3OC(C)(C)C(C)(C)O3)ccc2C1. The number of rotatable bonds is 3. The van der Waals surface area contributed by atoms with Gasteiger partial charge in [0.05, 0.1) is 11.2 Å². The topological polar surface area (TPSA) is 21.7 Å². The van der Waals surface area contributed by atoms with Gasteiger partial charge in [-0.1, -0.05) is 30.3 Å². The van der Waals surface area contributed by atoms with Crippen molar-refractivity contribution >= 4 is 12.6 Å². The highest BCUT2D eigenvalue weighted by molar-refractivity contribution is 6.62. The zero-order chi connectivity index (χ0) is 20.1. The van der Waals surface area contributed by atoms with E-state index in [0.717, 1.165) is 36.1 Å². The zero-order valence-electron chi connectivity index (χ0n) is 17.5. The number of nitrogens with zero attached hydrogens (tertiary/aromatic N) is 1. The molecule has 0 atom stereocenters. The molecule has 3 nitrogen and oxygen atoms in total. The molecule has 148 valence electrons. The van der Waals surface area contributed by atoms with Gasteiger partial charge in [-0.25, -0.2) is 4.39 Å². The van der Waals surface area contributed by atoms with Crippen LogP contribution in [-0.2, 0) is 28.8 Å². The van der Waals surface area contributed by atoms with E-state index in [1.165, 1.54) is 11.1 Å². The Hall–Kier alpha value is -1.69. The lowest BCUT2D eigenvalue weighted by Gasteiger charge is -2.32. The molecule has 28 heavy (non-hydrogen) atoms. The second kappa shape index (κ2) is 6.98. The van der Waals surface area contributed by atoms with Crippen molar-refractivity contribution in [1.29, 1.82) is 0 Å². The lowest BCUT2D eigenvalue weighted by Crippen LogP contribution is -2.41. The van der Waals surface area contributed by atoms with Gasteiger partial charge in [0, 0.05) is 25.2 Å². The summed E-state index contributed by atoms with van der Waals surface area (Å²) < 4.78 is 26.6. The first-order valence-electron chi connectivity index (χ1n) is 10.1. The zero-order valence-corrected chi connectivity index (χ0v) is 17.5. The fourth-order valence-corrected chi connectivity index (χ4v) is 3.98. The van der Waals surface area contributed by atoms with Crippen LogP contribution in [0.25, 0.3) is 0 Å². The van der Waals surface area contributed by atoms with Crippen LogP contribution in [0.1, 0.15) is 49.9 Å². The van der Waals surface area contributed by atoms with Crippen molar-refractivity contribution in [3.63, 3.8) is 0 Å². The van der Waals surface area contributed by atoms with Crippen molar-refractivity contribution in [1.82, 2.24) is 4.90 Å². The van der Waals surface area contributed by atoms with Gasteiger partial charge >= 0.3 is 7.12 Å². The normalized spacial score (nSPS) is 21.0. The molecule has 0 bridgehead atoms. The Bertz CT molecular complexity index is 860. The highest BCUT2D eigenvalue weighted by atomic mass is 19.1. The fraction of sp³-hybridized carbons (Fsp3) is 0.478. The number of benzene rings is 2. The molecule has 0 radical (unpaired) electrons. The molecule has 0 saturated carbocycles. The van der Waals surface area contributed by atoms with Gasteiger partial charge in [-0.3, -0.25) is 4.90 Å². The van der Waals surface area contributed by atoms with Crippen LogP contribution in [0.4, 0.5) is 4.39 Å². The van der Waals surface area contributed by atoms with E-state index < -0.39 is 0 Å².